The van der Waals surface area contributed by atoms with Crippen LogP contribution in [0.15, 0.2) is 18.2 Å². The fraction of sp³-hybridized carbons (Fsp3) is 0.579. The molecule has 3 unspecified atom stereocenters. The monoisotopic (exact) mass is 345 g/mol. The van der Waals surface area contributed by atoms with Crippen molar-refractivity contribution < 1.29 is 24.2 Å². The minimum absolute atomic E-state index is 0.0441. The summed E-state index contributed by atoms with van der Waals surface area (Å²) in [5.41, 5.74) is 0.802. The number of amides is 1. The van der Waals surface area contributed by atoms with Crippen LogP contribution in [0.4, 0.5) is 0 Å². The van der Waals surface area contributed by atoms with E-state index < -0.39 is 23.6 Å². The Hall–Kier alpha value is -1.76. The molecule has 0 radical (unpaired) electrons. The first-order valence-electron chi connectivity index (χ1n) is 8.70. The van der Waals surface area contributed by atoms with Gasteiger partial charge in [0.05, 0.1) is 0 Å². The Morgan fingerprint density at radius 2 is 2.00 bits per heavy atom. The van der Waals surface area contributed by atoms with Gasteiger partial charge in [-0.25, -0.2) is 0 Å². The number of ether oxygens (including phenoxy) is 2. The van der Waals surface area contributed by atoms with Crippen molar-refractivity contribution in [3.63, 3.8) is 0 Å². The predicted octanol–water partition coefficient (Wildman–Crippen LogP) is 1.41. The minimum atomic E-state index is -1.60. The number of aryl methyl sites for hydroxylation is 1. The van der Waals surface area contributed by atoms with E-state index in [1.807, 2.05) is 25.1 Å². The van der Waals surface area contributed by atoms with Crippen LogP contribution in [0.1, 0.15) is 43.4 Å². The van der Waals surface area contributed by atoms with E-state index >= 15 is 0 Å². The van der Waals surface area contributed by atoms with E-state index in [4.69, 9.17) is 9.47 Å². The Morgan fingerprint density at radius 1 is 1.24 bits per heavy atom. The summed E-state index contributed by atoms with van der Waals surface area (Å²) in [6.45, 7) is 6.06. The average Bonchev–Trinajstić information content (AvgIpc) is 2.77. The first-order chi connectivity index (χ1) is 11.7. The van der Waals surface area contributed by atoms with Crippen LogP contribution in [-0.4, -0.2) is 46.2 Å². The Labute approximate surface area is 146 Å². The first-order valence-corrected chi connectivity index (χ1v) is 8.70. The van der Waals surface area contributed by atoms with E-state index in [2.05, 4.69) is 0 Å². The summed E-state index contributed by atoms with van der Waals surface area (Å²) in [6.07, 6.45) is -1.34. The number of ketones is 1. The highest BCUT2D eigenvalue weighted by Crippen LogP contribution is 2.40. The van der Waals surface area contributed by atoms with Crippen molar-refractivity contribution in [1.82, 2.24) is 4.90 Å². The van der Waals surface area contributed by atoms with Crippen LogP contribution in [0.5, 0.6) is 0 Å². The SMILES string of the molecule is Cc1ccc2c(c1)C1(O)CCN(C2)C(=O)C2OC(C)(C)OC2CC1=O. The summed E-state index contributed by atoms with van der Waals surface area (Å²) in [4.78, 5) is 27.8. The van der Waals surface area contributed by atoms with Gasteiger partial charge in [0.15, 0.2) is 17.7 Å². The molecule has 3 atom stereocenters. The van der Waals surface area contributed by atoms with E-state index in [-0.39, 0.29) is 24.5 Å². The molecular weight excluding hydrogens is 322 g/mol. The fourth-order valence-corrected chi connectivity index (χ4v) is 4.13. The zero-order valence-corrected chi connectivity index (χ0v) is 14.7. The highest BCUT2D eigenvalue weighted by atomic mass is 16.8. The Kier molecular flexibility index (Phi) is 3.58. The van der Waals surface area contributed by atoms with Crippen molar-refractivity contribution in [2.75, 3.05) is 6.54 Å². The van der Waals surface area contributed by atoms with Crippen LogP contribution in [0.25, 0.3) is 0 Å². The summed E-state index contributed by atoms with van der Waals surface area (Å²) in [5.74, 6) is -1.42. The van der Waals surface area contributed by atoms with E-state index in [0.29, 0.717) is 18.7 Å². The molecule has 2 bridgehead atoms. The highest BCUT2D eigenvalue weighted by Gasteiger charge is 2.52. The molecule has 1 aromatic rings. The van der Waals surface area contributed by atoms with Crippen molar-refractivity contribution in [2.24, 2.45) is 0 Å². The van der Waals surface area contributed by atoms with Crippen LogP contribution in [0.3, 0.4) is 0 Å². The number of Topliss-reactive ketones (excluding diaryl/α,β-unsaturated/α-hetero) is 1. The molecule has 1 N–H and O–H groups in total. The normalized spacial score (nSPS) is 34.0. The lowest BCUT2D eigenvalue weighted by Crippen LogP contribution is -2.44. The van der Waals surface area contributed by atoms with E-state index in [9.17, 15) is 14.7 Å². The number of hydrogen-bond donors (Lipinski definition) is 1. The van der Waals surface area contributed by atoms with Crippen molar-refractivity contribution in [1.29, 1.82) is 0 Å². The number of fused-ring (bicyclic) bond motifs is 6. The average molecular weight is 345 g/mol. The molecule has 6 nitrogen and oxygen atoms in total. The van der Waals surface area contributed by atoms with Gasteiger partial charge in [0.2, 0.25) is 0 Å². The summed E-state index contributed by atoms with van der Waals surface area (Å²) >= 11 is 0. The summed E-state index contributed by atoms with van der Waals surface area (Å²) in [7, 11) is 0. The van der Waals surface area contributed by atoms with Gasteiger partial charge in [-0.2, -0.15) is 0 Å². The molecular formula is C19H23NO5. The number of carbonyl (C=O) groups is 2. The quantitative estimate of drug-likeness (QED) is 0.769. The van der Waals surface area contributed by atoms with Crippen LogP contribution in [-0.2, 0) is 31.2 Å². The number of aliphatic hydroxyl groups is 1. The maximum absolute atomic E-state index is 13.1. The molecule has 0 aromatic heterocycles. The zero-order valence-electron chi connectivity index (χ0n) is 14.7. The molecule has 3 aliphatic rings. The van der Waals surface area contributed by atoms with Gasteiger partial charge < -0.3 is 19.5 Å². The van der Waals surface area contributed by atoms with Crippen molar-refractivity contribution in [3.8, 4) is 0 Å². The topological polar surface area (TPSA) is 76.1 Å². The second kappa shape index (κ2) is 5.37. The molecule has 134 valence electrons. The Balaban J connectivity index is 1.85. The van der Waals surface area contributed by atoms with Gasteiger partial charge in [0.1, 0.15) is 11.7 Å². The molecule has 25 heavy (non-hydrogen) atoms. The third-order valence-corrected chi connectivity index (χ3v) is 5.40. The summed E-state index contributed by atoms with van der Waals surface area (Å²) in [6, 6.07) is 5.68. The standard InChI is InChI=1S/C19H23NO5/c1-11-4-5-12-10-20-7-6-19(23,13(12)8-11)15(21)9-14-16(17(20)22)25-18(2,3)24-14/h4-5,8,14,16,23H,6-7,9-10H2,1-3H3. The van der Waals surface area contributed by atoms with Crippen LogP contribution in [0, 0.1) is 6.92 Å². The van der Waals surface area contributed by atoms with E-state index in [1.165, 1.54) is 0 Å². The van der Waals surface area contributed by atoms with Gasteiger partial charge in [-0.1, -0.05) is 23.8 Å². The maximum Gasteiger partial charge on any atom is 0.254 e. The number of hydrogen-bond acceptors (Lipinski definition) is 5. The van der Waals surface area contributed by atoms with Gasteiger partial charge in [0, 0.05) is 25.9 Å². The molecule has 6 heteroatoms. The van der Waals surface area contributed by atoms with Crippen LogP contribution >= 0.6 is 0 Å². The third kappa shape index (κ3) is 2.60. The minimum Gasteiger partial charge on any atom is -0.377 e. The Morgan fingerprint density at radius 3 is 2.76 bits per heavy atom. The Bertz CT molecular complexity index is 758. The summed E-state index contributed by atoms with van der Waals surface area (Å²) < 4.78 is 11.6. The van der Waals surface area contributed by atoms with Gasteiger partial charge in [-0.05, 0) is 31.9 Å². The molecule has 0 aliphatic carbocycles. The van der Waals surface area contributed by atoms with Gasteiger partial charge in [-0.3, -0.25) is 9.59 Å². The van der Waals surface area contributed by atoms with Gasteiger partial charge >= 0.3 is 0 Å². The van der Waals surface area contributed by atoms with Gasteiger partial charge in [0.25, 0.3) is 5.91 Å². The van der Waals surface area contributed by atoms with Crippen molar-refractivity contribution in [3.05, 3.63) is 34.9 Å². The van der Waals surface area contributed by atoms with Crippen molar-refractivity contribution >= 4 is 11.7 Å². The van der Waals surface area contributed by atoms with Crippen LogP contribution < -0.4 is 0 Å². The van der Waals surface area contributed by atoms with Crippen LogP contribution in [0.2, 0.25) is 0 Å². The molecule has 2 saturated heterocycles. The van der Waals surface area contributed by atoms with E-state index in [1.54, 1.807) is 18.7 Å². The third-order valence-electron chi connectivity index (χ3n) is 5.40. The second-order valence-corrected chi connectivity index (χ2v) is 7.75. The van der Waals surface area contributed by atoms with E-state index in [0.717, 1.165) is 11.1 Å². The zero-order chi connectivity index (χ0) is 18.0. The molecule has 1 aromatic carbocycles. The lowest BCUT2D eigenvalue weighted by atomic mass is 9.81. The molecule has 0 saturated carbocycles. The number of rotatable bonds is 0. The molecule has 2 fully saturated rings. The second-order valence-electron chi connectivity index (χ2n) is 7.75. The molecule has 1 amide bonds. The largest absolute Gasteiger partial charge is 0.377 e. The number of carbonyl (C=O) groups excluding carboxylic acids is 2. The molecule has 0 spiro atoms. The molecule has 4 rings (SSSR count). The lowest BCUT2D eigenvalue weighted by Gasteiger charge is -2.29. The van der Waals surface area contributed by atoms with Gasteiger partial charge in [-0.15, -0.1) is 0 Å². The molecule has 3 heterocycles. The smallest absolute Gasteiger partial charge is 0.254 e. The lowest BCUT2D eigenvalue weighted by molar-refractivity contribution is -0.164. The highest BCUT2D eigenvalue weighted by molar-refractivity contribution is 5.92. The summed E-state index contributed by atoms with van der Waals surface area (Å²) in [5, 5.41) is 11.3. The first kappa shape index (κ1) is 16.7. The molecule has 3 aliphatic heterocycles. The number of benzene rings is 1. The maximum atomic E-state index is 13.1. The van der Waals surface area contributed by atoms with Crippen molar-refractivity contribution in [2.45, 2.75) is 63.8 Å². The predicted molar refractivity (Wildman–Crippen MR) is 88.6 cm³/mol. The number of nitrogens with zero attached hydrogens (tertiary/aromatic N) is 1. The fourth-order valence-electron chi connectivity index (χ4n) is 4.13.